The second kappa shape index (κ2) is 8.17. The Morgan fingerprint density at radius 1 is 1.04 bits per heavy atom. The number of amides is 1. The molecule has 1 heterocycles. The SMILES string of the molecule is O=C(NCC(O)c1ccccc1F)c1cnc(Nc2ccccc2)nc1. The standard InChI is InChI=1S/C19H17FN4O2/c20-16-9-5-4-8-15(16)17(25)12-21-18(26)13-10-22-19(23-11-13)24-14-6-2-1-3-7-14/h1-11,17,25H,12H2,(H,21,26)(H,22,23,24). The predicted molar refractivity (Wildman–Crippen MR) is 95.4 cm³/mol. The zero-order valence-corrected chi connectivity index (χ0v) is 13.8. The second-order valence-electron chi connectivity index (χ2n) is 5.53. The van der Waals surface area contributed by atoms with Gasteiger partial charge in [0.25, 0.3) is 5.91 Å². The molecule has 0 saturated heterocycles. The second-order valence-corrected chi connectivity index (χ2v) is 5.53. The smallest absolute Gasteiger partial charge is 0.254 e. The topological polar surface area (TPSA) is 87.1 Å². The summed E-state index contributed by atoms with van der Waals surface area (Å²) >= 11 is 0. The number of rotatable bonds is 6. The Balaban J connectivity index is 1.57. The number of para-hydroxylation sites is 1. The summed E-state index contributed by atoms with van der Waals surface area (Å²) in [5, 5.41) is 15.6. The summed E-state index contributed by atoms with van der Waals surface area (Å²) < 4.78 is 13.6. The highest BCUT2D eigenvalue weighted by Gasteiger charge is 2.14. The number of anilines is 2. The number of halogens is 1. The molecule has 0 fully saturated rings. The molecule has 0 aliphatic heterocycles. The third-order valence-electron chi connectivity index (χ3n) is 3.66. The lowest BCUT2D eigenvalue weighted by Crippen LogP contribution is -2.29. The van der Waals surface area contributed by atoms with E-state index in [0.29, 0.717) is 5.95 Å². The van der Waals surface area contributed by atoms with Crippen LogP contribution in [0.25, 0.3) is 0 Å². The summed E-state index contributed by atoms with van der Waals surface area (Å²) in [5.74, 6) is -0.611. The van der Waals surface area contributed by atoms with E-state index >= 15 is 0 Å². The van der Waals surface area contributed by atoms with Crippen molar-refractivity contribution in [2.75, 3.05) is 11.9 Å². The van der Waals surface area contributed by atoms with Crippen LogP contribution in [0.15, 0.2) is 67.0 Å². The molecular formula is C19H17FN4O2. The molecule has 1 aromatic heterocycles. The van der Waals surface area contributed by atoms with Crippen LogP contribution in [0, 0.1) is 5.82 Å². The maximum Gasteiger partial charge on any atom is 0.254 e. The lowest BCUT2D eigenvalue weighted by Gasteiger charge is -2.13. The quantitative estimate of drug-likeness (QED) is 0.635. The molecule has 26 heavy (non-hydrogen) atoms. The molecule has 132 valence electrons. The fraction of sp³-hybridized carbons (Fsp3) is 0.105. The van der Waals surface area contributed by atoms with Crippen LogP contribution in [0.4, 0.5) is 16.0 Å². The molecule has 3 aromatic rings. The third-order valence-corrected chi connectivity index (χ3v) is 3.66. The van der Waals surface area contributed by atoms with E-state index < -0.39 is 17.8 Å². The van der Waals surface area contributed by atoms with Gasteiger partial charge in [-0.1, -0.05) is 36.4 Å². The van der Waals surface area contributed by atoms with E-state index in [1.54, 1.807) is 6.07 Å². The number of carbonyl (C=O) groups is 1. The van der Waals surface area contributed by atoms with Gasteiger partial charge in [-0.25, -0.2) is 14.4 Å². The number of hydrogen-bond acceptors (Lipinski definition) is 5. The average molecular weight is 352 g/mol. The molecule has 7 heteroatoms. The summed E-state index contributed by atoms with van der Waals surface area (Å²) in [7, 11) is 0. The highest BCUT2D eigenvalue weighted by Crippen LogP contribution is 2.16. The molecule has 0 spiro atoms. The van der Waals surface area contributed by atoms with Crippen LogP contribution in [0.3, 0.4) is 0 Å². The van der Waals surface area contributed by atoms with Crippen molar-refractivity contribution < 1.29 is 14.3 Å². The minimum atomic E-state index is -1.14. The molecular weight excluding hydrogens is 335 g/mol. The Bertz CT molecular complexity index is 872. The normalized spacial score (nSPS) is 11.6. The monoisotopic (exact) mass is 352 g/mol. The number of benzene rings is 2. The molecule has 0 aliphatic rings. The Morgan fingerprint density at radius 3 is 2.38 bits per heavy atom. The maximum absolute atomic E-state index is 13.6. The van der Waals surface area contributed by atoms with Crippen LogP contribution in [-0.4, -0.2) is 27.5 Å². The fourth-order valence-corrected chi connectivity index (χ4v) is 2.31. The van der Waals surface area contributed by atoms with E-state index in [0.717, 1.165) is 5.69 Å². The summed E-state index contributed by atoms with van der Waals surface area (Å²) in [6.45, 7) is -0.121. The molecule has 3 rings (SSSR count). The van der Waals surface area contributed by atoms with Gasteiger partial charge in [-0.15, -0.1) is 0 Å². The molecule has 0 aliphatic carbocycles. The Morgan fingerprint density at radius 2 is 1.69 bits per heavy atom. The van der Waals surface area contributed by atoms with Crippen LogP contribution in [0.5, 0.6) is 0 Å². The van der Waals surface area contributed by atoms with Crippen molar-refractivity contribution in [1.29, 1.82) is 0 Å². The van der Waals surface area contributed by atoms with E-state index in [2.05, 4.69) is 20.6 Å². The largest absolute Gasteiger partial charge is 0.386 e. The minimum absolute atomic E-state index is 0.121. The fourth-order valence-electron chi connectivity index (χ4n) is 2.31. The molecule has 0 saturated carbocycles. The van der Waals surface area contributed by atoms with Gasteiger partial charge in [0.2, 0.25) is 5.95 Å². The van der Waals surface area contributed by atoms with Crippen molar-refractivity contribution in [1.82, 2.24) is 15.3 Å². The van der Waals surface area contributed by atoms with Gasteiger partial charge in [0, 0.05) is 30.2 Å². The molecule has 3 N–H and O–H groups in total. The molecule has 2 aromatic carbocycles. The van der Waals surface area contributed by atoms with Crippen LogP contribution >= 0.6 is 0 Å². The third kappa shape index (κ3) is 4.40. The first-order valence-corrected chi connectivity index (χ1v) is 7.98. The number of aliphatic hydroxyl groups is 1. The van der Waals surface area contributed by atoms with Crippen LogP contribution in [0.2, 0.25) is 0 Å². The molecule has 1 unspecified atom stereocenters. The van der Waals surface area contributed by atoms with E-state index in [-0.39, 0.29) is 17.7 Å². The van der Waals surface area contributed by atoms with Gasteiger partial charge in [-0.05, 0) is 18.2 Å². The number of aromatic nitrogens is 2. The van der Waals surface area contributed by atoms with Crippen molar-refractivity contribution in [3.05, 3.63) is 83.9 Å². The Kier molecular flexibility index (Phi) is 5.50. The predicted octanol–water partition coefficient (Wildman–Crippen LogP) is 2.82. The Hall–Kier alpha value is -3.32. The van der Waals surface area contributed by atoms with Gasteiger partial charge in [-0.2, -0.15) is 0 Å². The highest BCUT2D eigenvalue weighted by atomic mass is 19.1. The molecule has 6 nitrogen and oxygen atoms in total. The number of nitrogens with one attached hydrogen (secondary N) is 2. The zero-order valence-electron chi connectivity index (χ0n) is 13.8. The number of hydrogen-bond donors (Lipinski definition) is 3. The lowest BCUT2D eigenvalue weighted by atomic mass is 10.1. The summed E-state index contributed by atoms with van der Waals surface area (Å²) in [6.07, 6.45) is 1.62. The lowest BCUT2D eigenvalue weighted by molar-refractivity contribution is 0.0913. The van der Waals surface area contributed by atoms with Crippen LogP contribution in [0.1, 0.15) is 22.0 Å². The van der Waals surface area contributed by atoms with E-state index in [1.807, 2.05) is 30.3 Å². The zero-order chi connectivity index (χ0) is 18.4. The van der Waals surface area contributed by atoms with Crippen LogP contribution < -0.4 is 10.6 Å². The number of aliphatic hydroxyl groups excluding tert-OH is 1. The minimum Gasteiger partial charge on any atom is -0.386 e. The first kappa shape index (κ1) is 17.5. The molecule has 0 bridgehead atoms. The van der Waals surface area contributed by atoms with Crippen molar-refractivity contribution in [3.8, 4) is 0 Å². The van der Waals surface area contributed by atoms with Crippen LogP contribution in [-0.2, 0) is 0 Å². The van der Waals surface area contributed by atoms with Gasteiger partial charge in [0.15, 0.2) is 0 Å². The van der Waals surface area contributed by atoms with Gasteiger partial charge in [0.1, 0.15) is 5.82 Å². The average Bonchev–Trinajstić information content (AvgIpc) is 2.67. The van der Waals surface area contributed by atoms with Crippen molar-refractivity contribution in [3.63, 3.8) is 0 Å². The molecule has 1 atom stereocenters. The van der Waals surface area contributed by atoms with Crippen molar-refractivity contribution in [2.24, 2.45) is 0 Å². The summed E-state index contributed by atoms with van der Waals surface area (Å²) in [6, 6.07) is 15.3. The van der Waals surface area contributed by atoms with Gasteiger partial charge in [-0.3, -0.25) is 4.79 Å². The summed E-state index contributed by atoms with van der Waals surface area (Å²) in [4.78, 5) is 20.3. The van der Waals surface area contributed by atoms with E-state index in [4.69, 9.17) is 0 Å². The van der Waals surface area contributed by atoms with Gasteiger partial charge < -0.3 is 15.7 Å². The van der Waals surface area contributed by atoms with E-state index in [1.165, 1.54) is 30.6 Å². The van der Waals surface area contributed by atoms with Crippen molar-refractivity contribution >= 4 is 17.5 Å². The number of carbonyl (C=O) groups excluding carboxylic acids is 1. The van der Waals surface area contributed by atoms with Gasteiger partial charge >= 0.3 is 0 Å². The highest BCUT2D eigenvalue weighted by molar-refractivity contribution is 5.93. The molecule has 1 amide bonds. The number of nitrogens with zero attached hydrogens (tertiary/aromatic N) is 2. The van der Waals surface area contributed by atoms with Crippen molar-refractivity contribution in [2.45, 2.75) is 6.10 Å². The van der Waals surface area contributed by atoms with Gasteiger partial charge in [0.05, 0.1) is 11.7 Å². The molecule has 0 radical (unpaired) electrons. The summed E-state index contributed by atoms with van der Waals surface area (Å²) in [5.41, 5.74) is 1.20. The first-order valence-electron chi connectivity index (χ1n) is 7.98. The Labute approximate surface area is 149 Å². The maximum atomic E-state index is 13.6. The van der Waals surface area contributed by atoms with E-state index in [9.17, 15) is 14.3 Å². The first-order chi connectivity index (χ1) is 12.6.